The fourth-order valence-electron chi connectivity index (χ4n) is 2.92. The van der Waals surface area contributed by atoms with Crippen molar-refractivity contribution in [3.05, 3.63) is 71.0 Å². The molecule has 0 saturated carbocycles. The van der Waals surface area contributed by atoms with E-state index in [1.54, 1.807) is 0 Å². The number of pyridine rings is 1. The Morgan fingerprint density at radius 3 is 2.78 bits per heavy atom. The fraction of sp³-hybridized carbons (Fsp3) is 0. The highest BCUT2D eigenvalue weighted by Crippen LogP contribution is 2.29. The van der Waals surface area contributed by atoms with Crippen molar-refractivity contribution in [2.24, 2.45) is 0 Å². The molecule has 8 heteroatoms. The van der Waals surface area contributed by atoms with E-state index in [0.717, 1.165) is 32.2 Å². The smallest absolute Gasteiger partial charge is 0.271 e. The molecule has 0 atom stereocenters. The summed E-state index contributed by atoms with van der Waals surface area (Å²) in [6, 6.07) is 19.4. The van der Waals surface area contributed by atoms with Crippen LogP contribution in [-0.4, -0.2) is 25.4 Å². The van der Waals surface area contributed by atoms with Gasteiger partial charge in [0.05, 0.1) is 16.4 Å². The summed E-state index contributed by atoms with van der Waals surface area (Å²) in [5, 5.41) is 18.6. The third-order valence-corrected chi connectivity index (χ3v) is 5.14. The van der Waals surface area contributed by atoms with E-state index in [1.807, 2.05) is 60.7 Å². The van der Waals surface area contributed by atoms with E-state index in [2.05, 4.69) is 30.7 Å². The van der Waals surface area contributed by atoms with E-state index in [0.29, 0.717) is 11.2 Å². The highest BCUT2D eigenvalue weighted by Gasteiger charge is 2.08. The number of aromatic nitrogens is 5. The number of hydrogen-bond donors (Lipinski definition) is 4. The molecular formula is C19H14N6OS. The van der Waals surface area contributed by atoms with Crippen LogP contribution in [0.2, 0.25) is 0 Å². The van der Waals surface area contributed by atoms with Crippen molar-refractivity contribution in [1.82, 2.24) is 25.4 Å². The molecule has 0 spiro atoms. The van der Waals surface area contributed by atoms with Crippen molar-refractivity contribution in [2.45, 2.75) is 9.92 Å². The quantitative estimate of drug-likeness (QED) is 0.380. The van der Waals surface area contributed by atoms with Crippen molar-refractivity contribution in [3.8, 4) is 0 Å². The largest absolute Gasteiger partial charge is 0.323 e. The monoisotopic (exact) mass is 374 g/mol. The Kier molecular flexibility index (Phi) is 3.68. The summed E-state index contributed by atoms with van der Waals surface area (Å²) >= 11 is 1.53. The number of H-pyrrole nitrogens is 3. The van der Waals surface area contributed by atoms with Crippen LogP contribution in [0.5, 0.6) is 0 Å². The van der Waals surface area contributed by atoms with Crippen LogP contribution in [0.4, 0.5) is 11.6 Å². The minimum absolute atomic E-state index is 0.114. The molecule has 0 saturated heterocycles. The number of benzene rings is 2. The lowest BCUT2D eigenvalue weighted by atomic mass is 10.2. The van der Waals surface area contributed by atoms with Gasteiger partial charge in [-0.2, -0.15) is 5.10 Å². The number of para-hydroxylation sites is 1. The molecule has 0 bridgehead atoms. The fourth-order valence-corrected chi connectivity index (χ4v) is 3.77. The average molecular weight is 374 g/mol. The van der Waals surface area contributed by atoms with Gasteiger partial charge in [-0.3, -0.25) is 20.1 Å². The molecule has 5 aromatic rings. The number of fused-ring (bicyclic) bond motifs is 2. The first kappa shape index (κ1) is 15.7. The first-order valence-corrected chi connectivity index (χ1v) is 9.13. The van der Waals surface area contributed by atoms with Crippen LogP contribution >= 0.6 is 11.8 Å². The first-order valence-electron chi connectivity index (χ1n) is 8.32. The number of rotatable bonds is 4. The second-order valence-electron chi connectivity index (χ2n) is 5.99. The van der Waals surface area contributed by atoms with Crippen LogP contribution in [0.15, 0.2) is 75.4 Å². The molecule has 0 radical (unpaired) electrons. The Bertz CT molecular complexity index is 1320. The summed E-state index contributed by atoms with van der Waals surface area (Å²) in [6.07, 6.45) is 0. The first-order chi connectivity index (χ1) is 13.3. The lowest BCUT2D eigenvalue weighted by Crippen LogP contribution is -1.96. The molecule has 4 N–H and O–H groups in total. The van der Waals surface area contributed by atoms with Crippen LogP contribution in [0, 0.1) is 0 Å². The number of hydrogen-bond acceptors (Lipinski definition) is 5. The van der Waals surface area contributed by atoms with Gasteiger partial charge in [0.15, 0.2) is 5.82 Å². The van der Waals surface area contributed by atoms with Crippen molar-refractivity contribution >= 4 is 45.2 Å². The summed E-state index contributed by atoms with van der Waals surface area (Å²) in [7, 11) is 0. The van der Waals surface area contributed by atoms with Crippen LogP contribution < -0.4 is 10.9 Å². The molecule has 0 aliphatic carbocycles. The zero-order chi connectivity index (χ0) is 18.2. The van der Waals surface area contributed by atoms with Gasteiger partial charge in [-0.25, -0.2) is 4.98 Å². The minimum Gasteiger partial charge on any atom is -0.323 e. The van der Waals surface area contributed by atoms with Gasteiger partial charge in [0.1, 0.15) is 10.8 Å². The van der Waals surface area contributed by atoms with E-state index in [-0.39, 0.29) is 5.56 Å². The Morgan fingerprint density at radius 1 is 0.889 bits per heavy atom. The normalized spacial score (nSPS) is 11.3. The molecule has 5 rings (SSSR count). The summed E-state index contributed by atoms with van der Waals surface area (Å²) in [5.74, 6) is 1.46. The molecule has 0 aliphatic heterocycles. The van der Waals surface area contributed by atoms with E-state index >= 15 is 0 Å². The molecule has 0 fully saturated rings. The minimum atomic E-state index is -0.114. The molecular weight excluding hydrogens is 360 g/mol. The number of nitrogens with one attached hydrogen (secondary N) is 4. The molecule has 132 valence electrons. The van der Waals surface area contributed by atoms with Crippen LogP contribution in [-0.2, 0) is 0 Å². The maximum absolute atomic E-state index is 11.6. The van der Waals surface area contributed by atoms with Gasteiger partial charge in [0, 0.05) is 10.3 Å². The molecule has 0 unspecified atom stereocenters. The van der Waals surface area contributed by atoms with Crippen LogP contribution in [0.1, 0.15) is 0 Å². The Morgan fingerprint density at radius 2 is 1.81 bits per heavy atom. The van der Waals surface area contributed by atoms with E-state index in [1.165, 1.54) is 11.8 Å². The molecule has 2 aromatic carbocycles. The predicted octanol–water partition coefficient (Wildman–Crippen LogP) is 4.02. The van der Waals surface area contributed by atoms with E-state index in [4.69, 9.17) is 0 Å². The molecule has 7 nitrogen and oxygen atoms in total. The summed E-state index contributed by atoms with van der Waals surface area (Å²) in [6.45, 7) is 0. The van der Waals surface area contributed by atoms with Gasteiger partial charge in [0.25, 0.3) is 5.56 Å². The Hall–Kier alpha value is -3.52. The van der Waals surface area contributed by atoms with Crippen LogP contribution in [0.3, 0.4) is 0 Å². The second kappa shape index (κ2) is 6.33. The highest BCUT2D eigenvalue weighted by molar-refractivity contribution is 7.99. The lowest BCUT2D eigenvalue weighted by Gasteiger charge is -2.06. The van der Waals surface area contributed by atoms with Crippen LogP contribution in [0.25, 0.3) is 21.8 Å². The summed E-state index contributed by atoms with van der Waals surface area (Å²) in [5.41, 5.74) is 1.64. The Balaban J connectivity index is 1.42. The molecule has 27 heavy (non-hydrogen) atoms. The highest BCUT2D eigenvalue weighted by atomic mass is 32.2. The maximum Gasteiger partial charge on any atom is 0.271 e. The maximum atomic E-state index is 11.6. The molecule has 3 aromatic heterocycles. The zero-order valence-electron chi connectivity index (χ0n) is 14.0. The third kappa shape index (κ3) is 2.96. The molecule has 3 heterocycles. The standard InChI is InChI=1S/C19H14N6OS/c26-19-13-9-8-11(10-15(13)23-25-19)27-17-7-3-6-16(20-17)21-18-12-4-1-2-5-14(12)22-24-18/h1-10H,(H2,23,25,26)(H2,20,21,22,24). The zero-order valence-corrected chi connectivity index (χ0v) is 14.8. The number of anilines is 2. The third-order valence-electron chi connectivity index (χ3n) is 4.21. The summed E-state index contributed by atoms with van der Waals surface area (Å²) in [4.78, 5) is 17.3. The molecule has 0 amide bonds. The van der Waals surface area contributed by atoms with Crippen molar-refractivity contribution < 1.29 is 0 Å². The topological polar surface area (TPSA) is 102 Å². The lowest BCUT2D eigenvalue weighted by molar-refractivity contribution is 1.08. The van der Waals surface area contributed by atoms with Gasteiger partial charge < -0.3 is 5.32 Å². The average Bonchev–Trinajstić information content (AvgIpc) is 3.26. The van der Waals surface area contributed by atoms with Gasteiger partial charge in [-0.05, 0) is 42.5 Å². The SMILES string of the molecule is O=c1[nH][nH]c2cc(Sc3cccc(Nc4n[nH]c5ccccc45)n3)ccc12. The van der Waals surface area contributed by atoms with E-state index in [9.17, 15) is 4.79 Å². The Labute approximate surface area is 157 Å². The van der Waals surface area contributed by atoms with Gasteiger partial charge in [0.2, 0.25) is 0 Å². The van der Waals surface area contributed by atoms with Gasteiger partial charge >= 0.3 is 0 Å². The van der Waals surface area contributed by atoms with Crippen molar-refractivity contribution in [2.75, 3.05) is 5.32 Å². The summed E-state index contributed by atoms with van der Waals surface area (Å²) < 4.78 is 0. The van der Waals surface area contributed by atoms with Gasteiger partial charge in [-0.15, -0.1) is 0 Å². The second-order valence-corrected chi connectivity index (χ2v) is 7.09. The van der Waals surface area contributed by atoms with Gasteiger partial charge in [-0.1, -0.05) is 30.0 Å². The predicted molar refractivity (Wildman–Crippen MR) is 107 cm³/mol. The molecule has 0 aliphatic rings. The number of nitrogens with zero attached hydrogens (tertiary/aromatic N) is 2. The number of aromatic amines is 3. The van der Waals surface area contributed by atoms with Crippen molar-refractivity contribution in [3.63, 3.8) is 0 Å². The van der Waals surface area contributed by atoms with Crippen molar-refractivity contribution in [1.29, 1.82) is 0 Å². The van der Waals surface area contributed by atoms with E-state index < -0.39 is 0 Å².